The number of nitrogens with one attached hydrogen (secondary N) is 2. The van der Waals surface area contributed by atoms with E-state index < -0.39 is 5.97 Å². The number of carbonyl (C=O) groups excluding carboxylic acids is 2. The summed E-state index contributed by atoms with van der Waals surface area (Å²) in [5.41, 5.74) is 6.07. The van der Waals surface area contributed by atoms with Crippen molar-refractivity contribution in [2.45, 2.75) is 5.16 Å². The Morgan fingerprint density at radius 2 is 2.19 bits per heavy atom. The van der Waals surface area contributed by atoms with Gasteiger partial charge in [-0.2, -0.15) is 4.98 Å². The lowest BCUT2D eigenvalue weighted by atomic mass is 10.2. The number of carbonyl (C=O) groups is 2. The molecule has 0 radical (unpaired) electrons. The lowest BCUT2D eigenvalue weighted by molar-refractivity contribution is -0.113. The molecular formula is C12H13N5O3S. The van der Waals surface area contributed by atoms with Gasteiger partial charge in [-0.1, -0.05) is 23.9 Å². The van der Waals surface area contributed by atoms with Crippen LogP contribution in [0, 0.1) is 0 Å². The molecule has 2 rings (SSSR count). The summed E-state index contributed by atoms with van der Waals surface area (Å²) < 4.78 is 4.66. The molecule has 2 aromatic rings. The summed E-state index contributed by atoms with van der Waals surface area (Å²) in [6.45, 7) is 0. The molecule has 21 heavy (non-hydrogen) atoms. The number of para-hydroxylation sites is 1. The van der Waals surface area contributed by atoms with E-state index in [4.69, 9.17) is 5.73 Å². The highest BCUT2D eigenvalue weighted by molar-refractivity contribution is 7.99. The highest BCUT2D eigenvalue weighted by Gasteiger charge is 2.13. The number of ether oxygens (including phenoxy) is 1. The first-order valence-corrected chi connectivity index (χ1v) is 6.86. The topological polar surface area (TPSA) is 123 Å². The van der Waals surface area contributed by atoms with Gasteiger partial charge in [0.25, 0.3) is 0 Å². The van der Waals surface area contributed by atoms with E-state index in [0.29, 0.717) is 16.4 Å². The average Bonchev–Trinajstić information content (AvgIpc) is 2.90. The molecule has 0 fully saturated rings. The van der Waals surface area contributed by atoms with Crippen LogP contribution >= 0.6 is 11.8 Å². The van der Waals surface area contributed by atoms with Crippen LogP contribution in [-0.2, 0) is 9.53 Å². The van der Waals surface area contributed by atoms with Crippen LogP contribution in [0.4, 0.5) is 11.6 Å². The zero-order chi connectivity index (χ0) is 15.2. The second-order valence-electron chi connectivity index (χ2n) is 3.88. The summed E-state index contributed by atoms with van der Waals surface area (Å²) in [4.78, 5) is 27.3. The molecule has 0 saturated carbocycles. The SMILES string of the molecule is COC(=O)c1ccccc1NC(=O)CSc1n[nH]c(N)n1. The molecule has 4 N–H and O–H groups in total. The zero-order valence-electron chi connectivity index (χ0n) is 11.1. The lowest BCUT2D eigenvalue weighted by Gasteiger charge is -2.08. The number of aromatic nitrogens is 3. The smallest absolute Gasteiger partial charge is 0.339 e. The number of benzene rings is 1. The van der Waals surface area contributed by atoms with Gasteiger partial charge in [0.05, 0.1) is 24.1 Å². The number of rotatable bonds is 5. The van der Waals surface area contributed by atoms with Gasteiger partial charge in [0.1, 0.15) is 0 Å². The predicted octanol–water partition coefficient (Wildman–Crippen LogP) is 0.904. The van der Waals surface area contributed by atoms with Crippen molar-refractivity contribution in [2.24, 2.45) is 0 Å². The number of nitrogens with zero attached hydrogens (tertiary/aromatic N) is 2. The van der Waals surface area contributed by atoms with Gasteiger partial charge in [-0.15, -0.1) is 5.10 Å². The van der Waals surface area contributed by atoms with Crippen molar-refractivity contribution >= 4 is 35.3 Å². The number of nitrogens with two attached hydrogens (primary N) is 1. The maximum atomic E-state index is 11.9. The second-order valence-corrected chi connectivity index (χ2v) is 4.82. The Kier molecular flexibility index (Phi) is 4.77. The average molecular weight is 307 g/mol. The van der Waals surface area contributed by atoms with Gasteiger partial charge in [0, 0.05) is 0 Å². The van der Waals surface area contributed by atoms with Gasteiger partial charge in [-0.25, -0.2) is 9.89 Å². The van der Waals surface area contributed by atoms with E-state index in [9.17, 15) is 9.59 Å². The minimum atomic E-state index is -0.514. The Hall–Kier alpha value is -2.55. The summed E-state index contributed by atoms with van der Waals surface area (Å²) in [6, 6.07) is 6.60. The van der Waals surface area contributed by atoms with E-state index in [1.54, 1.807) is 24.3 Å². The van der Waals surface area contributed by atoms with Crippen LogP contribution < -0.4 is 11.1 Å². The molecule has 0 spiro atoms. The Balaban J connectivity index is 1.98. The lowest BCUT2D eigenvalue weighted by Crippen LogP contribution is -2.17. The molecule has 1 amide bonds. The summed E-state index contributed by atoms with van der Waals surface area (Å²) in [5, 5.41) is 9.30. The highest BCUT2D eigenvalue weighted by Crippen LogP contribution is 2.18. The number of aromatic amines is 1. The van der Waals surface area contributed by atoms with E-state index in [-0.39, 0.29) is 17.6 Å². The Bertz CT molecular complexity index is 658. The van der Waals surface area contributed by atoms with Crippen molar-refractivity contribution in [3.8, 4) is 0 Å². The van der Waals surface area contributed by atoms with E-state index in [0.717, 1.165) is 11.8 Å². The molecule has 1 heterocycles. The molecule has 1 aromatic carbocycles. The Morgan fingerprint density at radius 3 is 2.86 bits per heavy atom. The number of hydrogen-bond donors (Lipinski definition) is 3. The number of esters is 1. The van der Waals surface area contributed by atoms with Gasteiger partial charge in [-0.3, -0.25) is 4.79 Å². The largest absolute Gasteiger partial charge is 0.465 e. The minimum Gasteiger partial charge on any atom is -0.465 e. The van der Waals surface area contributed by atoms with Gasteiger partial charge in [-0.05, 0) is 12.1 Å². The van der Waals surface area contributed by atoms with E-state index in [1.807, 2.05) is 0 Å². The molecule has 1 aromatic heterocycles. The molecule has 0 aliphatic rings. The van der Waals surface area contributed by atoms with Crippen LogP contribution in [0.25, 0.3) is 0 Å². The fraction of sp³-hybridized carbons (Fsp3) is 0.167. The number of nitrogen functional groups attached to an aromatic ring is 1. The molecule has 0 unspecified atom stereocenters. The van der Waals surface area contributed by atoms with Crippen molar-refractivity contribution in [2.75, 3.05) is 23.9 Å². The molecule has 8 nitrogen and oxygen atoms in total. The third kappa shape index (κ3) is 3.96. The van der Waals surface area contributed by atoms with Crippen molar-refractivity contribution in [1.29, 1.82) is 0 Å². The normalized spacial score (nSPS) is 10.1. The van der Waals surface area contributed by atoms with Crippen molar-refractivity contribution in [3.05, 3.63) is 29.8 Å². The number of anilines is 2. The van der Waals surface area contributed by atoms with E-state index >= 15 is 0 Å². The predicted molar refractivity (Wildman–Crippen MR) is 77.9 cm³/mol. The van der Waals surface area contributed by atoms with Gasteiger partial charge in [0.15, 0.2) is 0 Å². The first kappa shape index (κ1) is 14.9. The first-order valence-electron chi connectivity index (χ1n) is 5.88. The summed E-state index contributed by atoms with van der Waals surface area (Å²) >= 11 is 1.13. The van der Waals surface area contributed by atoms with Gasteiger partial charge in [0.2, 0.25) is 17.0 Å². The molecule has 0 aliphatic carbocycles. The fourth-order valence-corrected chi connectivity index (χ4v) is 2.12. The third-order valence-electron chi connectivity index (χ3n) is 2.42. The van der Waals surface area contributed by atoms with Gasteiger partial charge < -0.3 is 15.8 Å². The van der Waals surface area contributed by atoms with Crippen molar-refractivity contribution < 1.29 is 14.3 Å². The monoisotopic (exact) mass is 307 g/mol. The van der Waals surface area contributed by atoms with Crippen LogP contribution in [0.5, 0.6) is 0 Å². The molecule has 0 atom stereocenters. The number of H-pyrrole nitrogens is 1. The molecule has 9 heteroatoms. The Morgan fingerprint density at radius 1 is 1.43 bits per heavy atom. The second kappa shape index (κ2) is 6.75. The summed E-state index contributed by atoms with van der Waals surface area (Å²) in [6.07, 6.45) is 0. The molecule has 0 bridgehead atoms. The molecular weight excluding hydrogens is 294 g/mol. The van der Waals surface area contributed by atoms with Crippen molar-refractivity contribution in [3.63, 3.8) is 0 Å². The Labute approximate surface area is 124 Å². The number of hydrogen-bond acceptors (Lipinski definition) is 7. The first-order chi connectivity index (χ1) is 10.1. The van der Waals surface area contributed by atoms with Crippen molar-refractivity contribution in [1.82, 2.24) is 15.2 Å². The van der Waals surface area contributed by atoms with Crippen LogP contribution in [0.2, 0.25) is 0 Å². The quantitative estimate of drug-likeness (QED) is 0.554. The summed E-state index contributed by atoms with van der Waals surface area (Å²) in [7, 11) is 1.28. The maximum absolute atomic E-state index is 11.9. The minimum absolute atomic E-state index is 0.0901. The number of amides is 1. The number of methoxy groups -OCH3 is 1. The van der Waals surface area contributed by atoms with Crippen LogP contribution in [0.1, 0.15) is 10.4 Å². The van der Waals surface area contributed by atoms with E-state index in [1.165, 1.54) is 7.11 Å². The third-order valence-corrected chi connectivity index (χ3v) is 3.27. The molecule has 110 valence electrons. The zero-order valence-corrected chi connectivity index (χ0v) is 11.9. The molecule has 0 saturated heterocycles. The van der Waals surface area contributed by atoms with Crippen LogP contribution in [-0.4, -0.2) is 39.9 Å². The van der Waals surface area contributed by atoms with Crippen LogP contribution in [0.15, 0.2) is 29.4 Å². The maximum Gasteiger partial charge on any atom is 0.339 e. The standard InChI is InChI=1S/C12H13N5O3S/c1-20-10(19)7-4-2-3-5-8(7)14-9(18)6-21-12-15-11(13)16-17-12/h2-5H,6H2,1H3,(H,14,18)(H3,13,15,16,17). The van der Waals surface area contributed by atoms with E-state index in [2.05, 4.69) is 25.2 Å². The number of thioether (sulfide) groups is 1. The molecule has 0 aliphatic heterocycles. The van der Waals surface area contributed by atoms with Crippen LogP contribution in [0.3, 0.4) is 0 Å². The highest BCUT2D eigenvalue weighted by atomic mass is 32.2. The summed E-state index contributed by atoms with van der Waals surface area (Å²) in [5.74, 6) is -0.527. The van der Waals surface area contributed by atoms with Gasteiger partial charge >= 0.3 is 5.97 Å². The fourth-order valence-electron chi connectivity index (χ4n) is 1.52.